The Morgan fingerprint density at radius 1 is 1.33 bits per heavy atom. The second-order valence-corrected chi connectivity index (χ2v) is 5.56. The second-order valence-electron chi connectivity index (χ2n) is 5.56. The number of amides is 1. The summed E-state index contributed by atoms with van der Waals surface area (Å²) in [4.78, 5) is 17.6. The summed E-state index contributed by atoms with van der Waals surface area (Å²) in [5.74, 6) is -3.52. The zero-order chi connectivity index (χ0) is 20.3. The number of aliphatic hydroxyl groups is 1. The molecule has 1 aromatic heterocycles. The van der Waals surface area contributed by atoms with Crippen molar-refractivity contribution < 1.29 is 19.4 Å². The van der Waals surface area contributed by atoms with Crippen molar-refractivity contribution in [3.63, 3.8) is 0 Å². The van der Waals surface area contributed by atoms with Gasteiger partial charge in [-0.1, -0.05) is 0 Å². The van der Waals surface area contributed by atoms with Gasteiger partial charge in [-0.2, -0.15) is 10.5 Å². The minimum atomic E-state index is -1.17. The summed E-state index contributed by atoms with van der Waals surface area (Å²) >= 11 is 0. The number of nitrogen functional groups attached to an aromatic ring is 1. The third-order valence-electron chi connectivity index (χ3n) is 3.79. The van der Waals surface area contributed by atoms with Crippen molar-refractivity contribution in [2.24, 2.45) is 0 Å². The fourth-order valence-electron chi connectivity index (χ4n) is 2.37. The smallest absolute Gasteiger partial charge is 0.272 e. The summed E-state index contributed by atoms with van der Waals surface area (Å²) in [6, 6.07) is 6.35. The molecule has 27 heavy (non-hydrogen) atoms. The molecule has 0 saturated carbocycles. The number of carbonyl (C=O) groups is 1. The molecule has 8 nitrogen and oxygen atoms in total. The van der Waals surface area contributed by atoms with Gasteiger partial charge in [0.1, 0.15) is 23.7 Å². The number of halogens is 1. The molecule has 0 spiro atoms. The van der Waals surface area contributed by atoms with Crippen molar-refractivity contribution in [3.05, 3.63) is 52.5 Å². The number of hydrogen-bond acceptors (Lipinski definition) is 7. The summed E-state index contributed by atoms with van der Waals surface area (Å²) in [5.41, 5.74) is 5.10. The molecule has 0 aliphatic rings. The Bertz CT molecular complexity index is 1050. The van der Waals surface area contributed by atoms with Crippen LogP contribution in [0.15, 0.2) is 30.0 Å². The van der Waals surface area contributed by atoms with Gasteiger partial charge in [0.2, 0.25) is 0 Å². The largest absolute Gasteiger partial charge is 0.506 e. The summed E-state index contributed by atoms with van der Waals surface area (Å²) in [6.45, 7) is 1.68. The van der Waals surface area contributed by atoms with Crippen LogP contribution in [-0.2, 0) is 4.79 Å². The quantitative estimate of drug-likeness (QED) is 0.428. The highest BCUT2D eigenvalue weighted by molar-refractivity contribution is 6.12. The van der Waals surface area contributed by atoms with Crippen molar-refractivity contribution in [2.75, 3.05) is 17.7 Å². The number of rotatable bonds is 3. The van der Waals surface area contributed by atoms with Crippen LogP contribution in [0.25, 0.3) is 5.76 Å². The van der Waals surface area contributed by atoms with Crippen LogP contribution in [0.5, 0.6) is 5.75 Å². The molecule has 0 unspecified atom stereocenters. The number of carbonyl (C=O) groups excluding carboxylic acids is 1. The van der Waals surface area contributed by atoms with E-state index in [0.717, 1.165) is 11.0 Å². The lowest BCUT2D eigenvalue weighted by molar-refractivity contribution is -0.114. The van der Waals surface area contributed by atoms with Gasteiger partial charge >= 0.3 is 0 Å². The Labute approximate surface area is 153 Å². The highest BCUT2D eigenvalue weighted by atomic mass is 19.1. The number of nitrogens with two attached hydrogens (primary N) is 1. The van der Waals surface area contributed by atoms with Crippen LogP contribution in [0.3, 0.4) is 0 Å². The first-order valence-corrected chi connectivity index (χ1v) is 7.47. The zero-order valence-corrected chi connectivity index (χ0v) is 14.4. The molecule has 4 N–H and O–H groups in total. The van der Waals surface area contributed by atoms with Crippen LogP contribution in [0.1, 0.15) is 16.7 Å². The van der Waals surface area contributed by atoms with Crippen LogP contribution >= 0.6 is 0 Å². The normalized spacial score (nSPS) is 11.1. The Morgan fingerprint density at radius 2 is 2.00 bits per heavy atom. The van der Waals surface area contributed by atoms with Crippen LogP contribution in [0, 0.1) is 35.4 Å². The lowest BCUT2D eigenvalue weighted by Crippen LogP contribution is -2.29. The molecule has 0 aliphatic heterocycles. The molecule has 0 aliphatic carbocycles. The SMILES string of the molecule is Cc1cc(N)ncc1N(C)C(=O)/C(C#N)=C(\O)c1cc(F)c(O)c(C#N)c1. The van der Waals surface area contributed by atoms with Gasteiger partial charge in [-0.15, -0.1) is 0 Å². The summed E-state index contributed by atoms with van der Waals surface area (Å²) in [7, 11) is 1.37. The predicted octanol–water partition coefficient (Wildman–Crippen LogP) is 2.14. The van der Waals surface area contributed by atoms with Crippen LogP contribution in [-0.4, -0.2) is 28.2 Å². The van der Waals surface area contributed by atoms with Gasteiger partial charge in [-0.25, -0.2) is 9.37 Å². The number of aromatic nitrogens is 1. The highest BCUT2D eigenvalue weighted by Crippen LogP contribution is 2.28. The molecule has 1 amide bonds. The van der Waals surface area contributed by atoms with Crippen LogP contribution in [0.2, 0.25) is 0 Å². The van der Waals surface area contributed by atoms with Gasteiger partial charge in [-0.3, -0.25) is 4.79 Å². The maximum absolute atomic E-state index is 13.7. The van der Waals surface area contributed by atoms with E-state index in [1.807, 2.05) is 0 Å². The van der Waals surface area contributed by atoms with E-state index in [-0.39, 0.29) is 11.4 Å². The number of aromatic hydroxyl groups is 1. The number of likely N-dealkylation sites (N-methyl/N-ethyl adjacent to an activating group) is 1. The molecule has 0 bridgehead atoms. The number of aliphatic hydroxyl groups excluding tert-OH is 1. The van der Waals surface area contributed by atoms with Gasteiger partial charge in [0.25, 0.3) is 5.91 Å². The lowest BCUT2D eigenvalue weighted by Gasteiger charge is -2.19. The lowest BCUT2D eigenvalue weighted by atomic mass is 10.0. The van der Waals surface area contributed by atoms with Crippen molar-refractivity contribution in [1.82, 2.24) is 4.98 Å². The topological polar surface area (TPSA) is 147 Å². The fraction of sp³-hybridized carbons (Fsp3) is 0.111. The van der Waals surface area contributed by atoms with Crippen LogP contribution in [0.4, 0.5) is 15.9 Å². The van der Waals surface area contributed by atoms with E-state index in [4.69, 9.17) is 11.0 Å². The summed E-state index contributed by atoms with van der Waals surface area (Å²) in [6.07, 6.45) is 1.34. The molecule has 2 rings (SSSR count). The summed E-state index contributed by atoms with van der Waals surface area (Å²) in [5, 5.41) is 38.0. The maximum Gasteiger partial charge on any atom is 0.272 e. The molecule has 0 fully saturated rings. The number of benzene rings is 1. The molecule has 1 aromatic carbocycles. The van der Waals surface area contributed by atoms with E-state index in [2.05, 4.69) is 4.98 Å². The molecule has 0 radical (unpaired) electrons. The van der Waals surface area contributed by atoms with E-state index < -0.39 is 34.4 Å². The highest BCUT2D eigenvalue weighted by Gasteiger charge is 2.24. The van der Waals surface area contributed by atoms with Gasteiger partial charge in [0.05, 0.1) is 17.4 Å². The fourth-order valence-corrected chi connectivity index (χ4v) is 2.37. The molecule has 0 atom stereocenters. The molecule has 1 heterocycles. The van der Waals surface area contributed by atoms with Crippen molar-refractivity contribution >= 4 is 23.2 Å². The van der Waals surface area contributed by atoms with Gasteiger partial charge in [0, 0.05) is 12.6 Å². The number of nitriles is 2. The third-order valence-corrected chi connectivity index (χ3v) is 3.79. The number of hydrogen-bond donors (Lipinski definition) is 3. The van der Waals surface area contributed by atoms with E-state index >= 15 is 0 Å². The maximum atomic E-state index is 13.7. The first-order valence-electron chi connectivity index (χ1n) is 7.47. The minimum absolute atomic E-state index is 0.250. The van der Waals surface area contributed by atoms with Crippen LogP contribution < -0.4 is 10.6 Å². The summed E-state index contributed by atoms with van der Waals surface area (Å²) < 4.78 is 13.7. The molecular formula is C18H14FN5O3. The van der Waals surface area contributed by atoms with Crippen molar-refractivity contribution in [1.29, 1.82) is 10.5 Å². The first-order chi connectivity index (χ1) is 12.7. The monoisotopic (exact) mass is 367 g/mol. The Hall–Kier alpha value is -4.11. The van der Waals surface area contributed by atoms with Gasteiger partial charge in [0.15, 0.2) is 17.1 Å². The Balaban J connectivity index is 2.54. The molecule has 2 aromatic rings. The van der Waals surface area contributed by atoms with Gasteiger partial charge < -0.3 is 20.8 Å². The first kappa shape index (κ1) is 19.2. The Kier molecular flexibility index (Phi) is 5.28. The number of aryl methyl sites for hydroxylation is 1. The average Bonchev–Trinajstić information content (AvgIpc) is 2.63. The van der Waals surface area contributed by atoms with E-state index in [1.54, 1.807) is 19.1 Å². The number of anilines is 2. The predicted molar refractivity (Wildman–Crippen MR) is 94.7 cm³/mol. The number of nitrogens with zero attached hydrogens (tertiary/aromatic N) is 4. The Morgan fingerprint density at radius 3 is 2.56 bits per heavy atom. The molecule has 136 valence electrons. The number of pyridine rings is 1. The van der Waals surface area contributed by atoms with Crippen molar-refractivity contribution in [3.8, 4) is 17.9 Å². The number of phenols is 1. The van der Waals surface area contributed by atoms with E-state index in [9.17, 15) is 24.7 Å². The van der Waals surface area contributed by atoms with E-state index in [0.29, 0.717) is 17.3 Å². The molecule has 0 saturated heterocycles. The standard InChI is InChI=1S/C18H14FN5O3/c1-9-3-15(22)23-8-14(9)24(2)18(27)12(7-21)16(25)10-4-11(6-20)17(26)13(19)5-10/h3-5,8,25-26H,1-2H3,(H2,22,23)/b16-12-. The number of phenolic OH excluding ortho intramolecular Hbond substituents is 1. The van der Waals surface area contributed by atoms with E-state index in [1.165, 1.54) is 19.3 Å². The minimum Gasteiger partial charge on any atom is -0.506 e. The van der Waals surface area contributed by atoms with Gasteiger partial charge in [-0.05, 0) is 30.7 Å². The average molecular weight is 367 g/mol. The van der Waals surface area contributed by atoms with Crippen molar-refractivity contribution in [2.45, 2.75) is 6.92 Å². The molecule has 9 heteroatoms. The second kappa shape index (κ2) is 7.42. The molecular weight excluding hydrogens is 353 g/mol. The third kappa shape index (κ3) is 3.62. The zero-order valence-electron chi connectivity index (χ0n) is 14.4.